The fraction of sp³-hybridized carbons (Fsp3) is 0.867. The van der Waals surface area contributed by atoms with E-state index in [1.165, 1.54) is 0 Å². The Labute approximate surface area is 127 Å². The molecular formula is C15H28N2O4. The van der Waals surface area contributed by atoms with Crippen LogP contribution < -0.4 is 0 Å². The van der Waals surface area contributed by atoms with Gasteiger partial charge in [0.25, 0.3) is 0 Å². The van der Waals surface area contributed by atoms with E-state index < -0.39 is 23.4 Å². The van der Waals surface area contributed by atoms with Gasteiger partial charge in [-0.25, -0.2) is 9.59 Å². The second-order valence-corrected chi connectivity index (χ2v) is 7.52. The maximum atomic E-state index is 12.2. The average molecular weight is 300 g/mol. The summed E-state index contributed by atoms with van der Waals surface area (Å²) in [5, 5.41) is 0. The van der Waals surface area contributed by atoms with Gasteiger partial charge in [0, 0.05) is 0 Å². The maximum Gasteiger partial charge on any atom is 0.412 e. The van der Waals surface area contributed by atoms with Crippen molar-refractivity contribution in [3.8, 4) is 0 Å². The Bertz CT molecular complexity index is 371. The van der Waals surface area contributed by atoms with Gasteiger partial charge in [0.1, 0.15) is 17.9 Å². The van der Waals surface area contributed by atoms with Crippen LogP contribution in [0.3, 0.4) is 0 Å². The van der Waals surface area contributed by atoms with Crippen molar-refractivity contribution in [1.29, 1.82) is 0 Å². The molecule has 0 bridgehead atoms. The molecule has 1 heterocycles. The van der Waals surface area contributed by atoms with Crippen LogP contribution in [0.4, 0.5) is 9.59 Å². The van der Waals surface area contributed by atoms with Gasteiger partial charge >= 0.3 is 12.2 Å². The number of hydrogen-bond acceptors (Lipinski definition) is 4. The summed E-state index contributed by atoms with van der Waals surface area (Å²) in [5.41, 5.74) is -1.11. The first-order chi connectivity index (χ1) is 9.32. The molecule has 0 unspecified atom stereocenters. The standard InChI is InChI=1S/C15H28N2O4/c1-10-11(2)17(13(19)21-15(6,7)8)9-16(10)12(18)20-14(3,4)5/h10-11H,9H2,1-8H3/t10-,11-/m0/s1. The molecule has 122 valence electrons. The minimum atomic E-state index is -0.556. The molecule has 0 radical (unpaired) electrons. The van der Waals surface area contributed by atoms with Crippen molar-refractivity contribution in [3.63, 3.8) is 0 Å². The molecule has 1 fully saturated rings. The van der Waals surface area contributed by atoms with E-state index in [1.54, 1.807) is 9.80 Å². The van der Waals surface area contributed by atoms with Crippen molar-refractivity contribution in [2.24, 2.45) is 0 Å². The topological polar surface area (TPSA) is 59.1 Å². The third-order valence-corrected chi connectivity index (χ3v) is 3.24. The Balaban J connectivity index is 2.77. The molecule has 0 aromatic heterocycles. The Kier molecular flexibility index (Phi) is 4.80. The predicted molar refractivity (Wildman–Crippen MR) is 79.9 cm³/mol. The third-order valence-electron chi connectivity index (χ3n) is 3.24. The molecule has 21 heavy (non-hydrogen) atoms. The summed E-state index contributed by atoms with van der Waals surface area (Å²) in [6, 6.07) is -0.236. The lowest BCUT2D eigenvalue weighted by molar-refractivity contribution is 0.0142. The largest absolute Gasteiger partial charge is 0.444 e. The fourth-order valence-electron chi connectivity index (χ4n) is 2.03. The summed E-state index contributed by atoms with van der Waals surface area (Å²) < 4.78 is 10.8. The molecule has 0 aromatic rings. The lowest BCUT2D eigenvalue weighted by Crippen LogP contribution is -2.40. The van der Waals surface area contributed by atoms with E-state index in [4.69, 9.17) is 9.47 Å². The highest BCUT2D eigenvalue weighted by molar-refractivity contribution is 5.73. The van der Waals surface area contributed by atoms with Crippen molar-refractivity contribution >= 4 is 12.2 Å². The molecule has 0 aromatic carbocycles. The normalized spacial score (nSPS) is 23.2. The zero-order valence-corrected chi connectivity index (χ0v) is 14.4. The predicted octanol–water partition coefficient (Wildman–Crippen LogP) is 3.21. The van der Waals surface area contributed by atoms with Gasteiger partial charge in [0.15, 0.2) is 0 Å². The number of carbonyl (C=O) groups excluding carboxylic acids is 2. The van der Waals surface area contributed by atoms with E-state index >= 15 is 0 Å². The first-order valence-electron chi connectivity index (χ1n) is 7.31. The Morgan fingerprint density at radius 1 is 0.810 bits per heavy atom. The van der Waals surface area contributed by atoms with Crippen molar-refractivity contribution in [1.82, 2.24) is 9.80 Å². The van der Waals surface area contributed by atoms with Crippen molar-refractivity contribution in [3.05, 3.63) is 0 Å². The van der Waals surface area contributed by atoms with Gasteiger partial charge < -0.3 is 9.47 Å². The molecule has 0 spiro atoms. The van der Waals surface area contributed by atoms with Gasteiger partial charge in [-0.3, -0.25) is 9.80 Å². The number of rotatable bonds is 0. The third kappa shape index (κ3) is 4.79. The highest BCUT2D eigenvalue weighted by Crippen LogP contribution is 2.25. The van der Waals surface area contributed by atoms with Gasteiger partial charge in [-0.05, 0) is 55.4 Å². The van der Waals surface area contributed by atoms with Crippen molar-refractivity contribution in [2.75, 3.05) is 6.67 Å². The Morgan fingerprint density at radius 3 is 1.33 bits per heavy atom. The number of carbonyl (C=O) groups is 2. The minimum absolute atomic E-state index is 0.118. The maximum absolute atomic E-state index is 12.2. The highest BCUT2D eigenvalue weighted by atomic mass is 16.6. The molecule has 6 heteroatoms. The van der Waals surface area contributed by atoms with E-state index in [2.05, 4.69) is 0 Å². The van der Waals surface area contributed by atoms with Crippen LogP contribution in [0.1, 0.15) is 55.4 Å². The van der Waals surface area contributed by atoms with Crippen LogP contribution in [0, 0.1) is 0 Å². The van der Waals surface area contributed by atoms with Crippen molar-refractivity contribution < 1.29 is 19.1 Å². The number of nitrogens with zero attached hydrogens (tertiary/aromatic N) is 2. The average Bonchev–Trinajstić information content (AvgIpc) is 2.51. The zero-order valence-electron chi connectivity index (χ0n) is 14.4. The lowest BCUT2D eigenvalue weighted by Gasteiger charge is -2.27. The summed E-state index contributed by atoms with van der Waals surface area (Å²) in [4.78, 5) is 27.5. The number of ether oxygens (including phenoxy) is 2. The summed E-state index contributed by atoms with van der Waals surface area (Å²) in [6.45, 7) is 14.9. The van der Waals surface area contributed by atoms with Gasteiger partial charge in [0.2, 0.25) is 0 Å². The van der Waals surface area contributed by atoms with Gasteiger partial charge in [-0.1, -0.05) is 0 Å². The Hall–Kier alpha value is -1.46. The molecule has 1 aliphatic rings. The second-order valence-electron chi connectivity index (χ2n) is 7.52. The molecule has 0 aliphatic carbocycles. The molecular weight excluding hydrogens is 272 g/mol. The molecule has 6 nitrogen and oxygen atoms in total. The van der Waals surface area contributed by atoms with E-state index in [1.807, 2.05) is 55.4 Å². The van der Waals surface area contributed by atoms with Gasteiger partial charge in [-0.2, -0.15) is 0 Å². The van der Waals surface area contributed by atoms with Gasteiger partial charge in [0.05, 0.1) is 12.1 Å². The first-order valence-corrected chi connectivity index (χ1v) is 7.31. The number of hydrogen-bond donors (Lipinski definition) is 0. The Morgan fingerprint density at radius 2 is 1.10 bits per heavy atom. The highest BCUT2D eigenvalue weighted by Gasteiger charge is 2.42. The van der Waals surface area contributed by atoms with Crippen LogP contribution in [0.15, 0.2) is 0 Å². The second kappa shape index (κ2) is 5.73. The minimum Gasteiger partial charge on any atom is -0.444 e. The van der Waals surface area contributed by atoms with Crippen LogP contribution in [-0.2, 0) is 9.47 Å². The molecule has 2 amide bonds. The van der Waals surface area contributed by atoms with Crippen LogP contribution in [0.5, 0.6) is 0 Å². The van der Waals surface area contributed by atoms with E-state index in [-0.39, 0.29) is 18.8 Å². The quantitative estimate of drug-likeness (QED) is 0.689. The first kappa shape index (κ1) is 17.6. The van der Waals surface area contributed by atoms with Gasteiger partial charge in [-0.15, -0.1) is 0 Å². The summed E-state index contributed by atoms with van der Waals surface area (Å²) in [7, 11) is 0. The number of amides is 2. The lowest BCUT2D eigenvalue weighted by atomic mass is 10.1. The summed E-state index contributed by atoms with van der Waals surface area (Å²) in [5.74, 6) is 0. The monoisotopic (exact) mass is 300 g/mol. The summed E-state index contributed by atoms with van der Waals surface area (Å²) in [6.07, 6.45) is -0.819. The SMILES string of the molecule is C[C@H]1[C@H](C)N(C(=O)OC(C)(C)C)CN1C(=O)OC(C)(C)C. The van der Waals surface area contributed by atoms with E-state index in [0.717, 1.165) is 0 Å². The fourth-order valence-corrected chi connectivity index (χ4v) is 2.03. The van der Waals surface area contributed by atoms with Crippen LogP contribution in [-0.4, -0.2) is 51.9 Å². The molecule has 0 saturated carbocycles. The molecule has 0 N–H and O–H groups in total. The molecule has 1 saturated heterocycles. The summed E-state index contributed by atoms with van der Waals surface area (Å²) >= 11 is 0. The zero-order chi connectivity index (χ0) is 16.6. The molecule has 1 aliphatic heterocycles. The van der Waals surface area contributed by atoms with E-state index in [9.17, 15) is 9.59 Å². The van der Waals surface area contributed by atoms with E-state index in [0.29, 0.717) is 0 Å². The molecule has 2 atom stereocenters. The van der Waals surface area contributed by atoms with Crippen LogP contribution in [0.25, 0.3) is 0 Å². The molecule has 1 rings (SSSR count). The smallest absolute Gasteiger partial charge is 0.412 e. The van der Waals surface area contributed by atoms with Crippen LogP contribution >= 0.6 is 0 Å². The van der Waals surface area contributed by atoms with Crippen molar-refractivity contribution in [2.45, 2.75) is 78.7 Å². The van der Waals surface area contributed by atoms with Crippen LogP contribution in [0.2, 0.25) is 0 Å².